The number of nitrogens with zero attached hydrogens (tertiary/aromatic N) is 1. The van der Waals surface area contributed by atoms with Gasteiger partial charge < -0.3 is 10.0 Å². The van der Waals surface area contributed by atoms with Crippen LogP contribution in [0.3, 0.4) is 0 Å². The van der Waals surface area contributed by atoms with Crippen LogP contribution < -0.4 is 4.90 Å². The molecule has 3 heteroatoms. The van der Waals surface area contributed by atoms with Gasteiger partial charge in [-0.15, -0.1) is 11.3 Å². The quantitative estimate of drug-likeness (QED) is 0.666. The molecule has 3 aromatic rings. The number of anilines is 1. The van der Waals surface area contributed by atoms with Gasteiger partial charge in [0.2, 0.25) is 0 Å². The average Bonchev–Trinajstić information content (AvgIpc) is 3.04. The highest BCUT2D eigenvalue weighted by molar-refractivity contribution is 7.12. The third kappa shape index (κ3) is 4.42. The van der Waals surface area contributed by atoms with Crippen LogP contribution in [-0.2, 0) is 6.54 Å². The summed E-state index contributed by atoms with van der Waals surface area (Å²) in [6.45, 7) is 7.39. The van der Waals surface area contributed by atoms with Gasteiger partial charge in [-0.1, -0.05) is 48.2 Å². The Bertz CT molecular complexity index is 919. The molecule has 0 radical (unpaired) electrons. The third-order valence-electron chi connectivity index (χ3n) is 3.99. The minimum Gasteiger partial charge on any atom is -0.378 e. The van der Waals surface area contributed by atoms with Crippen LogP contribution >= 0.6 is 11.3 Å². The van der Waals surface area contributed by atoms with Gasteiger partial charge in [-0.2, -0.15) is 0 Å². The number of thiophene rings is 1. The zero-order valence-electron chi connectivity index (χ0n) is 14.9. The molecule has 2 aromatic carbocycles. The first-order valence-electron chi connectivity index (χ1n) is 8.53. The van der Waals surface area contributed by atoms with Crippen LogP contribution in [0.4, 0.5) is 5.69 Å². The molecule has 0 bridgehead atoms. The zero-order chi connectivity index (χ0) is 17.9. The van der Waals surface area contributed by atoms with Gasteiger partial charge in [-0.3, -0.25) is 0 Å². The molecule has 0 unspecified atom stereocenters. The summed E-state index contributed by atoms with van der Waals surface area (Å²) in [7, 11) is 0. The van der Waals surface area contributed by atoms with Crippen molar-refractivity contribution in [3.63, 3.8) is 0 Å². The Kier molecular flexibility index (Phi) is 5.13. The molecule has 0 saturated heterocycles. The molecule has 1 N–H and O–H groups in total. The average molecular weight is 349 g/mol. The van der Waals surface area contributed by atoms with E-state index in [1.807, 2.05) is 6.07 Å². The van der Waals surface area contributed by atoms with E-state index in [0.717, 1.165) is 18.0 Å². The monoisotopic (exact) mass is 349 g/mol. The standard InChI is InChI=1S/C22H23NOS/c1-4-23(21-11-7-9-17-8-5-6-10-20(17)21)16-19-13-12-18(25-19)14-15-22(2,3)24/h5-13,24H,4,16H2,1-3H3. The van der Waals surface area contributed by atoms with Crippen molar-refractivity contribution in [3.8, 4) is 11.8 Å². The van der Waals surface area contributed by atoms with Crippen molar-refractivity contribution in [1.82, 2.24) is 0 Å². The van der Waals surface area contributed by atoms with E-state index >= 15 is 0 Å². The first-order chi connectivity index (χ1) is 12.0. The molecule has 1 heterocycles. The predicted octanol–water partition coefficient (Wildman–Crippen LogP) is 5.05. The summed E-state index contributed by atoms with van der Waals surface area (Å²) in [5, 5.41) is 12.3. The van der Waals surface area contributed by atoms with Crippen molar-refractivity contribution in [3.05, 3.63) is 64.4 Å². The molecule has 25 heavy (non-hydrogen) atoms. The highest BCUT2D eigenvalue weighted by Crippen LogP contribution is 2.29. The molecule has 0 aliphatic rings. The van der Waals surface area contributed by atoms with Crippen molar-refractivity contribution in [2.75, 3.05) is 11.4 Å². The Morgan fingerprint density at radius 1 is 1.04 bits per heavy atom. The van der Waals surface area contributed by atoms with E-state index < -0.39 is 5.60 Å². The summed E-state index contributed by atoms with van der Waals surface area (Å²) in [5.41, 5.74) is 0.306. The molecule has 0 spiro atoms. The van der Waals surface area contributed by atoms with Crippen LogP contribution in [0.1, 0.15) is 30.5 Å². The summed E-state index contributed by atoms with van der Waals surface area (Å²) in [6.07, 6.45) is 0. The second kappa shape index (κ2) is 7.31. The van der Waals surface area contributed by atoms with Crippen LogP contribution in [0, 0.1) is 11.8 Å². The van der Waals surface area contributed by atoms with Crippen molar-refractivity contribution in [2.45, 2.75) is 32.9 Å². The van der Waals surface area contributed by atoms with Crippen molar-refractivity contribution >= 4 is 27.8 Å². The van der Waals surface area contributed by atoms with E-state index in [-0.39, 0.29) is 0 Å². The molecule has 0 aliphatic heterocycles. The lowest BCUT2D eigenvalue weighted by molar-refractivity contribution is 0.143. The fourth-order valence-corrected chi connectivity index (χ4v) is 3.66. The van der Waals surface area contributed by atoms with Gasteiger partial charge in [0.25, 0.3) is 0 Å². The maximum atomic E-state index is 9.74. The molecule has 3 rings (SSSR count). The summed E-state index contributed by atoms with van der Waals surface area (Å²) >= 11 is 1.69. The van der Waals surface area contributed by atoms with Crippen LogP contribution in [0.2, 0.25) is 0 Å². The summed E-state index contributed by atoms with van der Waals surface area (Å²) < 4.78 is 0. The topological polar surface area (TPSA) is 23.5 Å². The van der Waals surface area contributed by atoms with Gasteiger partial charge in [-0.25, -0.2) is 0 Å². The van der Waals surface area contributed by atoms with Gasteiger partial charge in [0.05, 0.1) is 11.4 Å². The number of hydrogen-bond donors (Lipinski definition) is 1. The number of fused-ring (bicyclic) bond motifs is 1. The lowest BCUT2D eigenvalue weighted by Gasteiger charge is -2.24. The smallest absolute Gasteiger partial charge is 0.120 e. The lowest BCUT2D eigenvalue weighted by Crippen LogP contribution is -2.21. The molecule has 0 saturated carbocycles. The van der Waals surface area contributed by atoms with Gasteiger partial charge in [0.1, 0.15) is 5.60 Å². The Labute approximate surface area is 153 Å². The molecule has 0 fully saturated rings. The van der Waals surface area contributed by atoms with E-state index in [1.165, 1.54) is 21.3 Å². The highest BCUT2D eigenvalue weighted by atomic mass is 32.1. The number of rotatable bonds is 4. The van der Waals surface area contributed by atoms with Crippen LogP contribution in [0.5, 0.6) is 0 Å². The number of aliphatic hydroxyl groups is 1. The zero-order valence-corrected chi connectivity index (χ0v) is 15.7. The van der Waals surface area contributed by atoms with Crippen LogP contribution in [0.25, 0.3) is 10.8 Å². The Balaban J connectivity index is 1.85. The maximum Gasteiger partial charge on any atom is 0.120 e. The third-order valence-corrected chi connectivity index (χ3v) is 4.97. The van der Waals surface area contributed by atoms with Crippen molar-refractivity contribution in [2.24, 2.45) is 0 Å². The molecule has 128 valence electrons. The Morgan fingerprint density at radius 3 is 2.56 bits per heavy atom. The summed E-state index contributed by atoms with van der Waals surface area (Å²) in [6, 6.07) is 19.1. The molecule has 0 amide bonds. The Hall–Kier alpha value is -2.28. The van der Waals surface area contributed by atoms with Gasteiger partial charge in [-0.05, 0) is 44.4 Å². The second-order valence-corrected chi connectivity index (χ2v) is 7.76. The number of hydrogen-bond acceptors (Lipinski definition) is 3. The predicted molar refractivity (Wildman–Crippen MR) is 108 cm³/mol. The fraction of sp³-hybridized carbons (Fsp3) is 0.273. The van der Waals surface area contributed by atoms with Crippen molar-refractivity contribution < 1.29 is 5.11 Å². The molecule has 2 nitrogen and oxygen atoms in total. The van der Waals surface area contributed by atoms with Crippen LogP contribution in [0.15, 0.2) is 54.6 Å². The molecular weight excluding hydrogens is 326 g/mol. The molecule has 0 atom stereocenters. The minimum atomic E-state index is -0.956. The first-order valence-corrected chi connectivity index (χ1v) is 9.35. The fourth-order valence-electron chi connectivity index (χ4n) is 2.78. The maximum absolute atomic E-state index is 9.74. The highest BCUT2D eigenvalue weighted by Gasteiger charge is 2.11. The summed E-state index contributed by atoms with van der Waals surface area (Å²) in [4.78, 5) is 4.65. The number of benzene rings is 2. The molecule has 1 aromatic heterocycles. The Morgan fingerprint density at radius 2 is 1.80 bits per heavy atom. The molecule has 0 aliphatic carbocycles. The molecular formula is C22H23NOS. The van der Waals surface area contributed by atoms with Gasteiger partial charge in [0.15, 0.2) is 0 Å². The van der Waals surface area contributed by atoms with Gasteiger partial charge >= 0.3 is 0 Å². The minimum absolute atomic E-state index is 0.860. The van der Waals surface area contributed by atoms with E-state index in [0.29, 0.717) is 0 Å². The van der Waals surface area contributed by atoms with E-state index in [4.69, 9.17) is 0 Å². The lowest BCUT2D eigenvalue weighted by atomic mass is 10.1. The van der Waals surface area contributed by atoms with E-state index in [1.54, 1.807) is 25.2 Å². The largest absolute Gasteiger partial charge is 0.378 e. The van der Waals surface area contributed by atoms with Gasteiger partial charge in [0, 0.05) is 22.5 Å². The first kappa shape index (κ1) is 17.5. The van der Waals surface area contributed by atoms with E-state index in [9.17, 15) is 5.11 Å². The van der Waals surface area contributed by atoms with Crippen LogP contribution in [-0.4, -0.2) is 17.3 Å². The summed E-state index contributed by atoms with van der Waals surface area (Å²) in [5.74, 6) is 5.94. The van der Waals surface area contributed by atoms with Crippen molar-refractivity contribution in [1.29, 1.82) is 0 Å². The van der Waals surface area contributed by atoms with E-state index in [2.05, 4.69) is 72.2 Å². The SMILES string of the molecule is CCN(Cc1ccc(C#CC(C)(C)O)s1)c1cccc2ccccc12. The normalized spacial score (nSPS) is 11.2. The second-order valence-electron chi connectivity index (χ2n) is 6.59.